The van der Waals surface area contributed by atoms with Crippen LogP contribution in [0.25, 0.3) is 0 Å². The number of hydrogen-bond acceptors (Lipinski definition) is 4. The van der Waals surface area contributed by atoms with Gasteiger partial charge in [-0.15, -0.1) is 0 Å². The van der Waals surface area contributed by atoms with Crippen LogP contribution in [0.4, 0.5) is 10.8 Å². The first-order chi connectivity index (χ1) is 8.06. The Kier molecular flexibility index (Phi) is 3.31. The first kappa shape index (κ1) is 11.9. The Hall–Kier alpha value is -1.59. The van der Waals surface area contributed by atoms with Crippen molar-refractivity contribution in [1.82, 2.24) is 4.98 Å². The molecule has 1 heterocycles. The second-order valence-electron chi connectivity index (χ2n) is 3.42. The van der Waals surface area contributed by atoms with Gasteiger partial charge in [0.15, 0.2) is 5.13 Å². The Morgan fingerprint density at radius 2 is 2.29 bits per heavy atom. The van der Waals surface area contributed by atoms with Gasteiger partial charge < -0.3 is 10.4 Å². The summed E-state index contributed by atoms with van der Waals surface area (Å²) in [6.45, 7) is 1.93. The van der Waals surface area contributed by atoms with Crippen molar-refractivity contribution in [3.8, 4) is 0 Å². The van der Waals surface area contributed by atoms with E-state index < -0.39 is 5.97 Å². The zero-order valence-electron chi connectivity index (χ0n) is 8.90. The first-order valence-corrected chi connectivity index (χ1v) is 5.98. The van der Waals surface area contributed by atoms with Crippen LogP contribution in [0.5, 0.6) is 0 Å². The summed E-state index contributed by atoms with van der Waals surface area (Å²) in [6, 6.07) is 5.46. The largest absolute Gasteiger partial charge is 0.477 e. The van der Waals surface area contributed by atoms with E-state index in [0.717, 1.165) is 22.6 Å². The number of aromatic carboxylic acids is 1. The monoisotopic (exact) mass is 268 g/mol. The van der Waals surface area contributed by atoms with E-state index in [1.54, 1.807) is 12.1 Å². The first-order valence-electron chi connectivity index (χ1n) is 4.78. The topological polar surface area (TPSA) is 62.2 Å². The van der Waals surface area contributed by atoms with E-state index >= 15 is 0 Å². The SMILES string of the molecule is Cc1ccc(Cl)cc1Nc1ncc(C(=O)O)s1. The molecule has 2 aromatic rings. The number of carbonyl (C=O) groups is 1. The fourth-order valence-corrected chi connectivity index (χ4v) is 2.11. The molecule has 0 spiro atoms. The average Bonchev–Trinajstić information content (AvgIpc) is 2.72. The molecule has 6 heteroatoms. The third-order valence-corrected chi connectivity index (χ3v) is 3.29. The van der Waals surface area contributed by atoms with E-state index in [0.29, 0.717) is 10.2 Å². The van der Waals surface area contributed by atoms with E-state index in [1.807, 2.05) is 13.0 Å². The van der Waals surface area contributed by atoms with Crippen LogP contribution in [-0.2, 0) is 0 Å². The minimum absolute atomic E-state index is 0.201. The van der Waals surface area contributed by atoms with E-state index in [1.165, 1.54) is 6.20 Å². The number of benzene rings is 1. The quantitative estimate of drug-likeness (QED) is 0.894. The summed E-state index contributed by atoms with van der Waals surface area (Å²) in [5.74, 6) is -0.974. The van der Waals surface area contributed by atoms with Gasteiger partial charge in [0.2, 0.25) is 0 Å². The molecule has 17 heavy (non-hydrogen) atoms. The van der Waals surface area contributed by atoms with Crippen LogP contribution in [-0.4, -0.2) is 16.1 Å². The molecule has 0 aliphatic carbocycles. The summed E-state index contributed by atoms with van der Waals surface area (Å²) in [6.07, 6.45) is 1.33. The van der Waals surface area contributed by atoms with Gasteiger partial charge >= 0.3 is 5.97 Å². The molecule has 88 valence electrons. The predicted octanol–water partition coefficient (Wildman–Crippen LogP) is 3.55. The Labute approximate surface area is 107 Å². The highest BCUT2D eigenvalue weighted by molar-refractivity contribution is 7.17. The average molecular weight is 269 g/mol. The Bertz CT molecular complexity index is 568. The van der Waals surface area contributed by atoms with Crippen LogP contribution < -0.4 is 5.32 Å². The number of halogens is 1. The zero-order chi connectivity index (χ0) is 12.4. The van der Waals surface area contributed by atoms with Crippen molar-refractivity contribution < 1.29 is 9.90 Å². The van der Waals surface area contributed by atoms with Crippen LogP contribution in [0.2, 0.25) is 5.02 Å². The van der Waals surface area contributed by atoms with E-state index in [9.17, 15) is 4.79 Å². The van der Waals surface area contributed by atoms with Crippen molar-refractivity contribution in [2.75, 3.05) is 5.32 Å². The maximum Gasteiger partial charge on any atom is 0.347 e. The fourth-order valence-electron chi connectivity index (χ4n) is 1.27. The maximum atomic E-state index is 10.7. The summed E-state index contributed by atoms with van der Waals surface area (Å²) in [7, 11) is 0. The lowest BCUT2D eigenvalue weighted by Crippen LogP contribution is -1.92. The number of nitrogens with zero attached hydrogens (tertiary/aromatic N) is 1. The Balaban J connectivity index is 2.25. The van der Waals surface area contributed by atoms with Crippen LogP contribution in [0.15, 0.2) is 24.4 Å². The maximum absolute atomic E-state index is 10.7. The summed E-state index contributed by atoms with van der Waals surface area (Å²) >= 11 is 6.97. The number of anilines is 2. The van der Waals surface area contributed by atoms with Gasteiger partial charge in [-0.1, -0.05) is 29.0 Å². The lowest BCUT2D eigenvalue weighted by molar-refractivity contribution is 0.0702. The fraction of sp³-hybridized carbons (Fsp3) is 0.0909. The van der Waals surface area contributed by atoms with Crippen LogP contribution in [0.3, 0.4) is 0 Å². The molecule has 2 N–H and O–H groups in total. The third kappa shape index (κ3) is 2.75. The van der Waals surface area contributed by atoms with Crippen LogP contribution >= 0.6 is 22.9 Å². The molecule has 4 nitrogen and oxygen atoms in total. The van der Waals surface area contributed by atoms with Crippen LogP contribution in [0, 0.1) is 6.92 Å². The Morgan fingerprint density at radius 1 is 1.53 bits per heavy atom. The summed E-state index contributed by atoms with van der Waals surface area (Å²) < 4.78 is 0. The second-order valence-corrected chi connectivity index (χ2v) is 4.89. The molecule has 0 aliphatic heterocycles. The van der Waals surface area contributed by atoms with Crippen molar-refractivity contribution in [2.45, 2.75) is 6.92 Å². The van der Waals surface area contributed by atoms with Crippen molar-refractivity contribution in [1.29, 1.82) is 0 Å². The van der Waals surface area contributed by atoms with Gasteiger partial charge in [-0.2, -0.15) is 0 Å². The molecule has 0 aliphatic rings. The molecule has 0 radical (unpaired) electrons. The standard InChI is InChI=1S/C11H9ClN2O2S/c1-6-2-3-7(12)4-8(6)14-11-13-5-9(17-11)10(15)16/h2-5H,1H3,(H,13,14)(H,15,16). The molecule has 0 fully saturated rings. The Morgan fingerprint density at radius 3 is 2.94 bits per heavy atom. The van der Waals surface area contributed by atoms with Gasteiger partial charge in [0.25, 0.3) is 0 Å². The lowest BCUT2D eigenvalue weighted by Gasteiger charge is -2.06. The summed E-state index contributed by atoms with van der Waals surface area (Å²) in [5.41, 5.74) is 1.84. The number of rotatable bonds is 3. The molecule has 0 saturated heterocycles. The van der Waals surface area contributed by atoms with Gasteiger partial charge in [0, 0.05) is 10.7 Å². The van der Waals surface area contributed by atoms with Gasteiger partial charge in [0.1, 0.15) is 4.88 Å². The highest BCUT2D eigenvalue weighted by Crippen LogP contribution is 2.26. The molecule has 0 bridgehead atoms. The van der Waals surface area contributed by atoms with E-state index in [4.69, 9.17) is 16.7 Å². The molecular weight excluding hydrogens is 260 g/mol. The highest BCUT2D eigenvalue weighted by Gasteiger charge is 2.09. The number of aromatic nitrogens is 1. The molecule has 0 unspecified atom stereocenters. The number of thiazole rings is 1. The molecule has 2 rings (SSSR count). The van der Waals surface area contributed by atoms with Crippen molar-refractivity contribution in [3.05, 3.63) is 39.9 Å². The number of aryl methyl sites for hydroxylation is 1. The number of nitrogens with one attached hydrogen (secondary N) is 1. The molecular formula is C11H9ClN2O2S. The van der Waals surface area contributed by atoms with Crippen molar-refractivity contribution in [2.24, 2.45) is 0 Å². The van der Waals surface area contributed by atoms with Gasteiger partial charge in [-0.25, -0.2) is 9.78 Å². The molecule has 1 aromatic heterocycles. The van der Waals surface area contributed by atoms with Gasteiger partial charge in [-0.05, 0) is 24.6 Å². The zero-order valence-corrected chi connectivity index (χ0v) is 10.5. The van der Waals surface area contributed by atoms with Crippen molar-refractivity contribution >= 4 is 39.7 Å². The summed E-state index contributed by atoms with van der Waals surface area (Å²) in [4.78, 5) is 14.9. The van der Waals surface area contributed by atoms with Gasteiger partial charge in [-0.3, -0.25) is 0 Å². The minimum Gasteiger partial charge on any atom is -0.477 e. The summed E-state index contributed by atoms with van der Waals surface area (Å²) in [5, 5.41) is 13.0. The second kappa shape index (κ2) is 4.73. The minimum atomic E-state index is -0.974. The third-order valence-electron chi connectivity index (χ3n) is 2.16. The number of carboxylic acids is 1. The number of carboxylic acid groups (broad SMARTS) is 1. The highest BCUT2D eigenvalue weighted by atomic mass is 35.5. The van der Waals surface area contributed by atoms with E-state index in [2.05, 4.69) is 10.3 Å². The normalized spacial score (nSPS) is 10.2. The molecule has 0 saturated carbocycles. The van der Waals surface area contributed by atoms with E-state index in [-0.39, 0.29) is 4.88 Å². The number of hydrogen-bond donors (Lipinski definition) is 2. The predicted molar refractivity (Wildman–Crippen MR) is 68.5 cm³/mol. The molecule has 1 aromatic carbocycles. The molecule has 0 atom stereocenters. The lowest BCUT2D eigenvalue weighted by atomic mass is 10.2. The van der Waals surface area contributed by atoms with Crippen molar-refractivity contribution in [3.63, 3.8) is 0 Å². The van der Waals surface area contributed by atoms with Crippen LogP contribution in [0.1, 0.15) is 15.2 Å². The smallest absolute Gasteiger partial charge is 0.347 e. The molecule has 0 amide bonds. The van der Waals surface area contributed by atoms with Gasteiger partial charge in [0.05, 0.1) is 6.20 Å².